The van der Waals surface area contributed by atoms with Crippen molar-refractivity contribution in [2.45, 2.75) is 6.92 Å². The first-order valence-corrected chi connectivity index (χ1v) is 4.57. The maximum absolute atomic E-state index is 5.54. The van der Waals surface area contributed by atoms with E-state index in [2.05, 4.69) is 26.5 Å². The third-order valence-electron chi connectivity index (χ3n) is 1.18. The van der Waals surface area contributed by atoms with Gasteiger partial charge < -0.3 is 0 Å². The lowest BCUT2D eigenvalue weighted by molar-refractivity contribution is 1.34. The Morgan fingerprint density at radius 1 is 1.42 bits per heavy atom. The van der Waals surface area contributed by atoms with Crippen LogP contribution in [0, 0.1) is 0 Å². The van der Waals surface area contributed by atoms with Gasteiger partial charge in [0.05, 0.1) is 5.69 Å². The van der Waals surface area contributed by atoms with E-state index in [-0.39, 0.29) is 0 Å². The van der Waals surface area contributed by atoms with Crippen LogP contribution in [0.25, 0.3) is 0 Å². The molecule has 0 bridgehead atoms. The molecule has 12 heavy (non-hydrogen) atoms. The number of halogens is 2. The van der Waals surface area contributed by atoms with E-state index < -0.39 is 0 Å². The Morgan fingerprint density at radius 3 is 2.50 bits per heavy atom. The van der Waals surface area contributed by atoms with E-state index >= 15 is 0 Å². The summed E-state index contributed by atoms with van der Waals surface area (Å²) >= 11 is 8.87. The van der Waals surface area contributed by atoms with E-state index in [4.69, 9.17) is 11.6 Å². The molecule has 0 heterocycles. The number of benzene rings is 1. The van der Waals surface area contributed by atoms with Crippen molar-refractivity contribution in [2.75, 3.05) is 5.43 Å². The van der Waals surface area contributed by atoms with Crippen LogP contribution in [-0.4, -0.2) is 5.17 Å². The van der Waals surface area contributed by atoms with Crippen molar-refractivity contribution in [3.8, 4) is 0 Å². The van der Waals surface area contributed by atoms with Crippen molar-refractivity contribution < 1.29 is 0 Å². The average molecular weight is 248 g/mol. The minimum Gasteiger partial charge on any atom is -0.277 e. The summed E-state index contributed by atoms with van der Waals surface area (Å²) < 4.78 is 1.04. The molecular formula is C8H8BrClN2. The number of rotatable bonds is 2. The predicted octanol–water partition coefficient (Wildman–Crippen LogP) is 3.43. The highest BCUT2D eigenvalue weighted by Gasteiger charge is 1.89. The molecule has 0 aromatic heterocycles. The van der Waals surface area contributed by atoms with Gasteiger partial charge in [0.25, 0.3) is 0 Å². The monoisotopic (exact) mass is 246 g/mol. The van der Waals surface area contributed by atoms with Gasteiger partial charge in [0.15, 0.2) is 0 Å². The molecule has 4 heteroatoms. The summed E-state index contributed by atoms with van der Waals surface area (Å²) in [6.07, 6.45) is 0. The van der Waals surface area contributed by atoms with Gasteiger partial charge in [-0.2, -0.15) is 5.10 Å². The van der Waals surface area contributed by atoms with Gasteiger partial charge in [-0.05, 0) is 31.2 Å². The lowest BCUT2D eigenvalue weighted by atomic mass is 10.3. The second kappa shape index (κ2) is 4.48. The first-order chi connectivity index (χ1) is 5.68. The SMILES string of the molecule is C/C(Cl)=N\Nc1ccc(Br)cc1. The Bertz CT molecular complexity index is 278. The highest BCUT2D eigenvalue weighted by atomic mass is 79.9. The molecule has 0 spiro atoms. The smallest absolute Gasteiger partial charge is 0.123 e. The lowest BCUT2D eigenvalue weighted by Gasteiger charge is -1.99. The highest BCUT2D eigenvalue weighted by molar-refractivity contribution is 9.10. The zero-order valence-electron chi connectivity index (χ0n) is 6.51. The summed E-state index contributed by atoms with van der Waals surface area (Å²) in [4.78, 5) is 0. The van der Waals surface area contributed by atoms with Gasteiger partial charge in [0.1, 0.15) is 5.17 Å². The second-order valence-electron chi connectivity index (χ2n) is 2.23. The molecule has 0 aliphatic rings. The van der Waals surface area contributed by atoms with E-state index in [1.165, 1.54) is 0 Å². The maximum Gasteiger partial charge on any atom is 0.123 e. The van der Waals surface area contributed by atoms with Gasteiger partial charge in [0, 0.05) is 4.47 Å². The van der Waals surface area contributed by atoms with Crippen LogP contribution in [0.1, 0.15) is 6.92 Å². The van der Waals surface area contributed by atoms with Crippen LogP contribution in [0.15, 0.2) is 33.8 Å². The van der Waals surface area contributed by atoms with Gasteiger partial charge in [0.2, 0.25) is 0 Å². The van der Waals surface area contributed by atoms with E-state index in [9.17, 15) is 0 Å². The van der Waals surface area contributed by atoms with Gasteiger partial charge in [-0.3, -0.25) is 5.43 Å². The molecular weight excluding hydrogens is 239 g/mol. The van der Waals surface area contributed by atoms with Gasteiger partial charge in [-0.15, -0.1) is 0 Å². The van der Waals surface area contributed by atoms with Crippen molar-refractivity contribution in [1.82, 2.24) is 0 Å². The summed E-state index contributed by atoms with van der Waals surface area (Å²) in [6.45, 7) is 1.72. The number of hydrogen-bond acceptors (Lipinski definition) is 2. The minimum absolute atomic E-state index is 0.484. The molecule has 0 unspecified atom stereocenters. The molecule has 1 rings (SSSR count). The third-order valence-corrected chi connectivity index (χ3v) is 1.80. The van der Waals surface area contributed by atoms with Crippen LogP contribution in [-0.2, 0) is 0 Å². The van der Waals surface area contributed by atoms with Crippen molar-refractivity contribution in [3.63, 3.8) is 0 Å². The highest BCUT2D eigenvalue weighted by Crippen LogP contribution is 2.13. The standard InChI is InChI=1S/C8H8BrClN2/c1-6(10)11-12-8-4-2-7(9)3-5-8/h2-5,12H,1H3/b11-6+. The first kappa shape index (κ1) is 9.55. The molecule has 1 aromatic rings. The van der Waals surface area contributed by atoms with E-state index in [1.807, 2.05) is 24.3 Å². The molecule has 2 nitrogen and oxygen atoms in total. The molecule has 0 saturated carbocycles. The Labute approximate surface area is 84.7 Å². The number of nitrogens with one attached hydrogen (secondary N) is 1. The molecule has 0 radical (unpaired) electrons. The van der Waals surface area contributed by atoms with Crippen LogP contribution < -0.4 is 5.43 Å². The molecule has 0 amide bonds. The Hall–Kier alpha value is -0.540. The molecule has 0 fully saturated rings. The summed E-state index contributed by atoms with van der Waals surface area (Å²) in [5.74, 6) is 0. The first-order valence-electron chi connectivity index (χ1n) is 3.40. The predicted molar refractivity (Wildman–Crippen MR) is 56.7 cm³/mol. The fourth-order valence-electron chi connectivity index (χ4n) is 0.666. The van der Waals surface area contributed by atoms with Gasteiger partial charge in [-0.25, -0.2) is 0 Å². The maximum atomic E-state index is 5.54. The average Bonchev–Trinajstić information content (AvgIpc) is 2.03. The van der Waals surface area contributed by atoms with Gasteiger partial charge >= 0.3 is 0 Å². The van der Waals surface area contributed by atoms with Crippen molar-refractivity contribution in [3.05, 3.63) is 28.7 Å². The summed E-state index contributed by atoms with van der Waals surface area (Å²) in [5, 5.41) is 4.33. The van der Waals surface area contributed by atoms with Crippen LogP contribution in [0.4, 0.5) is 5.69 Å². The molecule has 0 atom stereocenters. The quantitative estimate of drug-likeness (QED) is 0.628. The molecule has 1 N–H and O–H groups in total. The largest absolute Gasteiger partial charge is 0.277 e. The normalized spacial score (nSPS) is 11.4. The fraction of sp³-hybridized carbons (Fsp3) is 0.125. The van der Waals surface area contributed by atoms with Crippen LogP contribution in [0.2, 0.25) is 0 Å². The molecule has 0 saturated heterocycles. The zero-order chi connectivity index (χ0) is 8.97. The molecule has 0 aliphatic carbocycles. The minimum atomic E-state index is 0.484. The molecule has 1 aromatic carbocycles. The van der Waals surface area contributed by atoms with E-state index in [0.29, 0.717) is 5.17 Å². The van der Waals surface area contributed by atoms with Crippen LogP contribution in [0.3, 0.4) is 0 Å². The fourth-order valence-corrected chi connectivity index (χ4v) is 0.973. The second-order valence-corrected chi connectivity index (χ2v) is 3.69. The van der Waals surface area contributed by atoms with Crippen molar-refractivity contribution >= 4 is 38.4 Å². The van der Waals surface area contributed by atoms with E-state index in [1.54, 1.807) is 6.92 Å². The van der Waals surface area contributed by atoms with Gasteiger partial charge in [-0.1, -0.05) is 27.5 Å². The third kappa shape index (κ3) is 3.24. The number of nitrogens with zero attached hydrogens (tertiary/aromatic N) is 1. The Morgan fingerprint density at radius 2 is 2.00 bits per heavy atom. The molecule has 0 aliphatic heterocycles. The van der Waals surface area contributed by atoms with Crippen LogP contribution >= 0.6 is 27.5 Å². The lowest BCUT2D eigenvalue weighted by Crippen LogP contribution is -1.90. The number of anilines is 1. The van der Waals surface area contributed by atoms with E-state index in [0.717, 1.165) is 10.2 Å². The zero-order valence-corrected chi connectivity index (χ0v) is 8.85. The number of hydrazone groups is 1. The molecule has 64 valence electrons. The summed E-state index contributed by atoms with van der Waals surface area (Å²) in [7, 11) is 0. The van der Waals surface area contributed by atoms with Crippen LogP contribution in [0.5, 0.6) is 0 Å². The topological polar surface area (TPSA) is 24.4 Å². The summed E-state index contributed by atoms with van der Waals surface area (Å²) in [5.41, 5.74) is 3.72. The summed E-state index contributed by atoms with van der Waals surface area (Å²) in [6, 6.07) is 7.68. The van der Waals surface area contributed by atoms with Crippen molar-refractivity contribution in [2.24, 2.45) is 5.10 Å². The Kier molecular flexibility index (Phi) is 3.56. The van der Waals surface area contributed by atoms with Crippen molar-refractivity contribution in [1.29, 1.82) is 0 Å². The number of hydrogen-bond donors (Lipinski definition) is 1. The Balaban J connectivity index is 2.65.